The Bertz CT molecular complexity index is 411. The largest absolute Gasteiger partial charge is 0.493 e. The Balaban J connectivity index is 3.36. The van der Waals surface area contributed by atoms with Crippen molar-refractivity contribution in [3.63, 3.8) is 0 Å². The zero-order valence-electron chi connectivity index (χ0n) is 11.7. The van der Waals surface area contributed by atoms with Gasteiger partial charge in [-0.05, 0) is 44.9 Å². The zero-order chi connectivity index (χ0) is 13.9. The fourth-order valence-electron chi connectivity index (χ4n) is 1.95. The van der Waals surface area contributed by atoms with Gasteiger partial charge in [-0.25, -0.2) is 4.39 Å². The lowest BCUT2D eigenvalue weighted by molar-refractivity contribution is 0.211. The van der Waals surface area contributed by atoms with Gasteiger partial charge in [0.2, 0.25) is 0 Å². The topological polar surface area (TPSA) is 44.5 Å². The van der Waals surface area contributed by atoms with Gasteiger partial charge in [0, 0.05) is 11.6 Å². The van der Waals surface area contributed by atoms with Crippen LogP contribution in [0.5, 0.6) is 11.5 Å². The smallest absolute Gasteiger partial charge is 0.167 e. The molecular formula is C14H22FNO2. The Hall–Kier alpha value is -1.29. The van der Waals surface area contributed by atoms with E-state index in [9.17, 15) is 4.39 Å². The maximum atomic E-state index is 14.2. The van der Waals surface area contributed by atoms with Gasteiger partial charge in [-0.15, -0.1) is 0 Å². The van der Waals surface area contributed by atoms with Crippen LogP contribution in [0.15, 0.2) is 12.1 Å². The lowest BCUT2D eigenvalue weighted by atomic mass is 9.94. The van der Waals surface area contributed by atoms with Crippen LogP contribution in [0.4, 0.5) is 4.39 Å². The molecular weight excluding hydrogens is 233 g/mol. The molecule has 0 bridgehead atoms. The van der Waals surface area contributed by atoms with Crippen molar-refractivity contribution in [1.29, 1.82) is 0 Å². The Morgan fingerprint density at radius 3 is 2.28 bits per heavy atom. The van der Waals surface area contributed by atoms with E-state index in [0.29, 0.717) is 23.5 Å². The number of alkyl halides is 1. The summed E-state index contributed by atoms with van der Waals surface area (Å²) in [7, 11) is 3.06. The lowest BCUT2D eigenvalue weighted by Gasteiger charge is -2.22. The van der Waals surface area contributed by atoms with E-state index in [0.717, 1.165) is 5.56 Å². The number of benzene rings is 1. The molecule has 0 saturated heterocycles. The molecule has 102 valence electrons. The zero-order valence-corrected chi connectivity index (χ0v) is 11.7. The molecule has 0 heterocycles. The number of hydrogen-bond donors (Lipinski definition) is 1. The summed E-state index contributed by atoms with van der Waals surface area (Å²) in [6, 6.07) is 3.65. The third-order valence-electron chi connectivity index (χ3n) is 2.74. The van der Waals surface area contributed by atoms with E-state index in [1.165, 1.54) is 21.0 Å². The summed E-state index contributed by atoms with van der Waals surface area (Å²) >= 11 is 0. The van der Waals surface area contributed by atoms with E-state index >= 15 is 0 Å². The van der Waals surface area contributed by atoms with Gasteiger partial charge in [-0.3, -0.25) is 0 Å². The Morgan fingerprint density at radius 1 is 1.28 bits per heavy atom. The third kappa shape index (κ3) is 3.35. The van der Waals surface area contributed by atoms with Crippen molar-refractivity contribution in [2.45, 2.75) is 38.9 Å². The molecule has 1 unspecified atom stereocenters. The van der Waals surface area contributed by atoms with E-state index in [-0.39, 0.29) is 6.04 Å². The first-order valence-electron chi connectivity index (χ1n) is 5.99. The summed E-state index contributed by atoms with van der Waals surface area (Å²) < 4.78 is 24.8. The quantitative estimate of drug-likeness (QED) is 0.880. The van der Waals surface area contributed by atoms with Crippen LogP contribution in [-0.4, -0.2) is 20.3 Å². The molecule has 0 fully saturated rings. The Morgan fingerprint density at radius 2 is 1.89 bits per heavy atom. The van der Waals surface area contributed by atoms with Crippen LogP contribution in [0.2, 0.25) is 0 Å². The second-order valence-corrected chi connectivity index (χ2v) is 5.03. The van der Waals surface area contributed by atoms with Crippen LogP contribution >= 0.6 is 0 Å². The van der Waals surface area contributed by atoms with Crippen LogP contribution in [0.1, 0.15) is 31.9 Å². The normalized spacial score (nSPS) is 13.3. The second kappa shape index (κ2) is 5.57. The second-order valence-electron chi connectivity index (χ2n) is 5.03. The van der Waals surface area contributed by atoms with E-state index in [4.69, 9.17) is 15.2 Å². The number of nitrogens with two attached hydrogens (primary N) is 1. The average Bonchev–Trinajstić information content (AvgIpc) is 2.25. The molecule has 1 atom stereocenters. The van der Waals surface area contributed by atoms with Crippen LogP contribution in [0.3, 0.4) is 0 Å². The first-order valence-corrected chi connectivity index (χ1v) is 5.99. The van der Waals surface area contributed by atoms with Gasteiger partial charge in [0.05, 0.1) is 14.2 Å². The minimum absolute atomic E-state index is 0.0127. The van der Waals surface area contributed by atoms with Crippen molar-refractivity contribution in [3.05, 3.63) is 23.3 Å². The number of rotatable bonds is 5. The van der Waals surface area contributed by atoms with Crippen molar-refractivity contribution in [3.8, 4) is 11.5 Å². The van der Waals surface area contributed by atoms with Crippen LogP contribution in [0, 0.1) is 0 Å². The molecule has 0 spiro atoms. The molecule has 4 heteroatoms. The highest BCUT2D eigenvalue weighted by Gasteiger charge is 2.26. The number of hydrogen-bond acceptors (Lipinski definition) is 3. The Kier molecular flexibility index (Phi) is 4.57. The lowest BCUT2D eigenvalue weighted by Crippen LogP contribution is -2.19. The van der Waals surface area contributed by atoms with Gasteiger partial charge < -0.3 is 15.2 Å². The molecule has 0 aromatic heterocycles. The average molecular weight is 255 g/mol. The number of methoxy groups -OCH3 is 2. The van der Waals surface area contributed by atoms with Crippen molar-refractivity contribution >= 4 is 0 Å². The van der Waals surface area contributed by atoms with Crippen molar-refractivity contribution in [2.75, 3.05) is 14.2 Å². The molecule has 0 saturated carbocycles. The molecule has 0 aliphatic carbocycles. The van der Waals surface area contributed by atoms with E-state index in [1.54, 1.807) is 13.2 Å². The summed E-state index contributed by atoms with van der Waals surface area (Å²) in [4.78, 5) is 0. The highest BCUT2D eigenvalue weighted by Crippen LogP contribution is 2.40. The fourth-order valence-corrected chi connectivity index (χ4v) is 1.95. The van der Waals surface area contributed by atoms with Crippen molar-refractivity contribution in [2.24, 2.45) is 5.73 Å². The standard InChI is InChI=1S/C14H22FNO2/c1-9(16)6-10-7-11(14(2,3)15)13(18-5)12(8-10)17-4/h7-9H,6,16H2,1-5H3. The monoisotopic (exact) mass is 255 g/mol. The molecule has 0 radical (unpaired) electrons. The van der Waals surface area contributed by atoms with Gasteiger partial charge in [0.15, 0.2) is 11.5 Å². The summed E-state index contributed by atoms with van der Waals surface area (Å²) in [5.41, 5.74) is 5.72. The van der Waals surface area contributed by atoms with Crippen molar-refractivity contribution in [1.82, 2.24) is 0 Å². The minimum atomic E-state index is -1.49. The molecule has 0 amide bonds. The molecule has 1 aromatic rings. The summed E-state index contributed by atoms with van der Waals surface area (Å²) in [5.74, 6) is 0.981. The molecule has 18 heavy (non-hydrogen) atoms. The van der Waals surface area contributed by atoms with Crippen LogP contribution < -0.4 is 15.2 Å². The van der Waals surface area contributed by atoms with E-state index < -0.39 is 5.67 Å². The van der Waals surface area contributed by atoms with E-state index in [1.807, 2.05) is 13.0 Å². The van der Waals surface area contributed by atoms with Gasteiger partial charge in [-0.2, -0.15) is 0 Å². The van der Waals surface area contributed by atoms with Gasteiger partial charge in [0.25, 0.3) is 0 Å². The summed E-state index contributed by atoms with van der Waals surface area (Å²) in [6.45, 7) is 4.91. The maximum Gasteiger partial charge on any atom is 0.167 e. The van der Waals surface area contributed by atoms with Gasteiger partial charge in [-0.1, -0.05) is 0 Å². The van der Waals surface area contributed by atoms with Gasteiger partial charge in [0.1, 0.15) is 5.67 Å². The molecule has 0 aliphatic heterocycles. The molecule has 1 rings (SSSR count). The first kappa shape index (κ1) is 14.8. The SMILES string of the molecule is COc1cc(CC(C)N)cc(C(C)(C)F)c1OC. The predicted octanol–water partition coefficient (Wildman–Crippen LogP) is 2.80. The molecule has 0 aliphatic rings. The first-order chi connectivity index (χ1) is 8.29. The highest BCUT2D eigenvalue weighted by molar-refractivity contribution is 5.51. The number of halogens is 1. The maximum absolute atomic E-state index is 14.2. The van der Waals surface area contributed by atoms with Gasteiger partial charge >= 0.3 is 0 Å². The van der Waals surface area contributed by atoms with Crippen LogP contribution in [0.25, 0.3) is 0 Å². The summed E-state index contributed by atoms with van der Waals surface area (Å²) in [5, 5.41) is 0. The van der Waals surface area contributed by atoms with Crippen molar-refractivity contribution < 1.29 is 13.9 Å². The fraction of sp³-hybridized carbons (Fsp3) is 0.571. The van der Waals surface area contributed by atoms with E-state index in [2.05, 4.69) is 0 Å². The molecule has 1 aromatic carbocycles. The molecule has 3 nitrogen and oxygen atoms in total. The minimum Gasteiger partial charge on any atom is -0.493 e. The third-order valence-corrected chi connectivity index (χ3v) is 2.74. The summed E-state index contributed by atoms with van der Waals surface area (Å²) in [6.07, 6.45) is 0.670. The van der Waals surface area contributed by atoms with Crippen LogP contribution in [-0.2, 0) is 12.1 Å². The predicted molar refractivity (Wildman–Crippen MR) is 71.0 cm³/mol. The Labute approximate surface area is 108 Å². The highest BCUT2D eigenvalue weighted by atomic mass is 19.1. The molecule has 2 N–H and O–H groups in total. The number of ether oxygens (including phenoxy) is 2.